The second-order valence-electron chi connectivity index (χ2n) is 13.0. The van der Waals surface area contributed by atoms with E-state index in [4.69, 9.17) is 0 Å². The van der Waals surface area contributed by atoms with Crippen molar-refractivity contribution in [3.8, 4) is 22.4 Å². The highest BCUT2D eigenvalue weighted by Crippen LogP contribution is 2.33. The molecule has 51 heavy (non-hydrogen) atoms. The summed E-state index contributed by atoms with van der Waals surface area (Å²) in [4.78, 5) is 49.7. The van der Waals surface area contributed by atoms with E-state index in [-0.39, 0.29) is 23.5 Å². The molecular weight excluding hydrogens is 673 g/mol. The zero-order valence-corrected chi connectivity index (χ0v) is 29.4. The molecule has 1 aromatic heterocycles. The molecule has 3 amide bonds. The number of hydrogen-bond donors (Lipinski definition) is 4. The number of nitrogens with zero attached hydrogens (tertiary/aromatic N) is 3. The number of H-pyrrole nitrogens is 1. The van der Waals surface area contributed by atoms with Crippen LogP contribution in [0.15, 0.2) is 79.0 Å². The van der Waals surface area contributed by atoms with Crippen molar-refractivity contribution in [2.45, 2.75) is 44.5 Å². The molecule has 268 valence electrons. The molecule has 3 heterocycles. The smallest absolute Gasteiger partial charge is 0.407 e. The molecule has 0 bridgehead atoms. The van der Waals surface area contributed by atoms with E-state index in [1.54, 1.807) is 23.2 Å². The first-order valence-corrected chi connectivity index (χ1v) is 18.7. The molecule has 3 atom stereocenters. The zero-order chi connectivity index (χ0) is 36.1. The predicted molar refractivity (Wildman–Crippen MR) is 192 cm³/mol. The van der Waals surface area contributed by atoms with Gasteiger partial charge >= 0.3 is 6.09 Å². The van der Waals surface area contributed by atoms with Crippen LogP contribution in [0.3, 0.4) is 0 Å². The molecule has 0 aliphatic carbocycles. The maximum Gasteiger partial charge on any atom is 0.407 e. The number of rotatable bonds is 10. The van der Waals surface area contributed by atoms with Crippen LogP contribution in [0.25, 0.3) is 22.4 Å². The van der Waals surface area contributed by atoms with Crippen molar-refractivity contribution in [2.24, 2.45) is 0 Å². The molecule has 2 aliphatic rings. The predicted octanol–water partition coefficient (Wildman–Crippen LogP) is 4.00. The number of aliphatic hydroxyl groups excluding tert-OH is 1. The lowest BCUT2D eigenvalue weighted by Crippen LogP contribution is -2.53. The molecule has 2 saturated heterocycles. The molecule has 13 nitrogen and oxygen atoms in total. The third-order valence-corrected chi connectivity index (χ3v) is 11.0. The molecule has 2 aliphatic heterocycles. The standard InChI is InChI=1S/C37H42N6O7S/c1-24(44)33(41-37(47)50-2)36(46)43-17-3-4-32(43)34-38-22-31(40-34)28-11-7-26(8-12-28)27-9-13-29(14-10-27)35(45)39-30-15-5-25(6-16-30)23-42-18-20-51(48,49)21-19-42/h5-16,22,24,32-33,44H,3-4,17-21,23H2,1-2H3,(H,38,40)(H,39,45)(H,41,47)/t24-,32-,33+/m0/s1. The van der Waals surface area contributed by atoms with E-state index in [9.17, 15) is 27.9 Å². The third kappa shape index (κ3) is 8.64. The summed E-state index contributed by atoms with van der Waals surface area (Å²) in [7, 11) is -1.71. The number of likely N-dealkylation sites (tertiary alicyclic amines) is 1. The molecule has 0 saturated carbocycles. The molecule has 0 spiro atoms. The number of nitrogens with one attached hydrogen (secondary N) is 3. The van der Waals surface area contributed by atoms with Crippen molar-refractivity contribution in [1.82, 2.24) is 25.1 Å². The highest BCUT2D eigenvalue weighted by Gasteiger charge is 2.38. The second kappa shape index (κ2) is 15.5. The van der Waals surface area contributed by atoms with Gasteiger partial charge in [-0.3, -0.25) is 14.5 Å². The number of aromatic nitrogens is 2. The lowest BCUT2D eigenvalue weighted by atomic mass is 10.0. The number of carbonyl (C=O) groups excluding carboxylic acids is 3. The Balaban J connectivity index is 1.05. The minimum absolute atomic E-state index is 0.192. The van der Waals surface area contributed by atoms with Crippen LogP contribution in [0.2, 0.25) is 0 Å². The number of ether oxygens (including phenoxy) is 1. The lowest BCUT2D eigenvalue weighted by Gasteiger charge is -2.29. The fraction of sp³-hybridized carbons (Fsp3) is 0.351. The summed E-state index contributed by atoms with van der Waals surface area (Å²) in [5.41, 5.74) is 5.89. The van der Waals surface area contributed by atoms with Crippen LogP contribution in [0.4, 0.5) is 10.5 Å². The van der Waals surface area contributed by atoms with Gasteiger partial charge in [-0.2, -0.15) is 0 Å². The van der Waals surface area contributed by atoms with Crippen molar-refractivity contribution in [3.05, 3.63) is 95.9 Å². The summed E-state index contributed by atoms with van der Waals surface area (Å²) in [6, 6.07) is 21.5. The van der Waals surface area contributed by atoms with Crippen molar-refractivity contribution in [2.75, 3.05) is 43.6 Å². The molecular formula is C37H42N6O7S. The van der Waals surface area contributed by atoms with Gasteiger partial charge in [-0.25, -0.2) is 18.2 Å². The average Bonchev–Trinajstić information content (AvgIpc) is 3.83. The fourth-order valence-electron chi connectivity index (χ4n) is 6.44. The van der Waals surface area contributed by atoms with Crippen LogP contribution in [0.1, 0.15) is 47.6 Å². The average molecular weight is 715 g/mol. The van der Waals surface area contributed by atoms with Crippen molar-refractivity contribution in [1.29, 1.82) is 0 Å². The zero-order valence-electron chi connectivity index (χ0n) is 28.5. The Kier molecular flexibility index (Phi) is 10.8. The van der Waals surface area contributed by atoms with Crippen molar-refractivity contribution in [3.63, 3.8) is 0 Å². The van der Waals surface area contributed by atoms with Gasteiger partial charge in [-0.15, -0.1) is 0 Å². The fourth-order valence-corrected chi connectivity index (χ4v) is 7.72. The van der Waals surface area contributed by atoms with E-state index in [0.717, 1.165) is 34.4 Å². The number of carbonyl (C=O) groups is 3. The lowest BCUT2D eigenvalue weighted by molar-refractivity contribution is -0.137. The van der Waals surface area contributed by atoms with Crippen molar-refractivity contribution >= 4 is 33.4 Å². The van der Waals surface area contributed by atoms with Gasteiger partial charge in [-0.05, 0) is 66.3 Å². The minimum atomic E-state index is -2.91. The van der Waals surface area contributed by atoms with E-state index in [1.165, 1.54) is 14.0 Å². The van der Waals surface area contributed by atoms with E-state index in [0.29, 0.717) is 49.7 Å². The normalized spacial score (nSPS) is 18.5. The number of sulfone groups is 1. The largest absolute Gasteiger partial charge is 0.453 e. The summed E-state index contributed by atoms with van der Waals surface area (Å²) in [6.45, 7) is 3.66. The summed E-state index contributed by atoms with van der Waals surface area (Å²) in [5.74, 6) is 0.396. The maximum absolute atomic E-state index is 13.3. The molecule has 4 aromatic rings. The second-order valence-corrected chi connectivity index (χ2v) is 15.3. The molecule has 14 heteroatoms. The maximum atomic E-state index is 13.3. The van der Waals surface area contributed by atoms with Gasteiger partial charge < -0.3 is 30.4 Å². The Bertz CT molecular complexity index is 1950. The molecule has 0 radical (unpaired) electrons. The molecule has 3 aromatic carbocycles. The van der Waals surface area contributed by atoms with Crippen LogP contribution >= 0.6 is 0 Å². The van der Waals surface area contributed by atoms with E-state index >= 15 is 0 Å². The quantitative estimate of drug-likeness (QED) is 0.189. The minimum Gasteiger partial charge on any atom is -0.453 e. The van der Waals surface area contributed by atoms with Gasteiger partial charge in [0.25, 0.3) is 5.91 Å². The summed E-state index contributed by atoms with van der Waals surface area (Å²) in [5, 5.41) is 15.5. The van der Waals surface area contributed by atoms with Crippen LogP contribution < -0.4 is 10.6 Å². The Morgan fingerprint density at radius 1 is 0.941 bits per heavy atom. The summed E-state index contributed by atoms with van der Waals surface area (Å²) >= 11 is 0. The molecule has 6 rings (SSSR count). The summed E-state index contributed by atoms with van der Waals surface area (Å²) < 4.78 is 28.0. The highest BCUT2D eigenvalue weighted by atomic mass is 32.2. The van der Waals surface area contributed by atoms with E-state index < -0.39 is 34.0 Å². The van der Waals surface area contributed by atoms with Crippen LogP contribution in [-0.4, -0.2) is 102 Å². The van der Waals surface area contributed by atoms with E-state index in [2.05, 4.69) is 30.2 Å². The number of alkyl carbamates (subject to hydrolysis) is 1. The Hall–Kier alpha value is -5.05. The van der Waals surface area contributed by atoms with Gasteiger partial charge in [0, 0.05) is 37.4 Å². The Morgan fingerprint density at radius 3 is 2.20 bits per heavy atom. The van der Waals surface area contributed by atoms with E-state index in [1.807, 2.05) is 60.7 Å². The van der Waals surface area contributed by atoms with Gasteiger partial charge in [0.1, 0.15) is 11.9 Å². The van der Waals surface area contributed by atoms with Gasteiger partial charge in [-0.1, -0.05) is 48.5 Å². The SMILES string of the molecule is COC(=O)N[C@@H](C(=O)N1CCC[C@H]1c1ncc(-c2ccc(-c3ccc(C(=O)Nc4ccc(CN5CCS(=O)(=O)CC5)cc4)cc3)cc2)[nH]1)[C@H](C)O. The number of anilines is 1. The van der Waals surface area contributed by atoms with Gasteiger partial charge in [0.05, 0.1) is 42.7 Å². The van der Waals surface area contributed by atoms with Crippen LogP contribution in [-0.2, 0) is 25.9 Å². The van der Waals surface area contributed by atoms with Gasteiger partial charge in [0.2, 0.25) is 5.91 Å². The number of amides is 3. The Labute approximate surface area is 296 Å². The molecule has 4 N–H and O–H groups in total. The summed E-state index contributed by atoms with van der Waals surface area (Å²) in [6.07, 6.45) is 1.29. The first kappa shape index (κ1) is 35.8. The van der Waals surface area contributed by atoms with Gasteiger partial charge in [0.15, 0.2) is 9.84 Å². The number of imidazole rings is 1. The molecule has 2 fully saturated rings. The number of aliphatic hydroxyl groups is 1. The monoisotopic (exact) mass is 714 g/mol. The van der Waals surface area contributed by atoms with Crippen LogP contribution in [0.5, 0.6) is 0 Å². The highest BCUT2D eigenvalue weighted by molar-refractivity contribution is 7.91. The first-order chi connectivity index (χ1) is 24.5. The van der Waals surface area contributed by atoms with Crippen molar-refractivity contribution < 1.29 is 32.6 Å². The van der Waals surface area contributed by atoms with Crippen LogP contribution in [0, 0.1) is 0 Å². The third-order valence-electron chi connectivity index (χ3n) is 9.39. The number of methoxy groups -OCH3 is 1. The number of hydrogen-bond acceptors (Lipinski definition) is 9. The first-order valence-electron chi connectivity index (χ1n) is 16.9. The molecule has 0 unspecified atom stereocenters. The topological polar surface area (TPSA) is 174 Å². The number of benzene rings is 3. The Morgan fingerprint density at radius 2 is 1.57 bits per heavy atom. The number of aromatic amines is 1.